The first-order valence-corrected chi connectivity index (χ1v) is 8.12. The number of fused-ring (bicyclic) bond motifs is 1. The van der Waals surface area contributed by atoms with Crippen LogP contribution in [-0.2, 0) is 17.8 Å². The number of benzene rings is 1. The summed E-state index contributed by atoms with van der Waals surface area (Å²) in [5.41, 5.74) is 2.46. The summed E-state index contributed by atoms with van der Waals surface area (Å²) in [5.74, 6) is 1.96. The zero-order chi connectivity index (χ0) is 14.7. The van der Waals surface area contributed by atoms with Gasteiger partial charge < -0.3 is 9.88 Å². The van der Waals surface area contributed by atoms with Crippen LogP contribution in [0.5, 0.6) is 0 Å². The second-order valence-electron chi connectivity index (χ2n) is 5.06. The van der Waals surface area contributed by atoms with Crippen LogP contribution in [0.25, 0.3) is 0 Å². The summed E-state index contributed by atoms with van der Waals surface area (Å²) < 4.78 is 1.93. The lowest BCUT2D eigenvalue weighted by Gasteiger charge is -2.24. The summed E-state index contributed by atoms with van der Waals surface area (Å²) >= 11 is 1.72. The number of carbonyl (C=O) groups is 1. The topological polar surface area (TPSA) is 59.8 Å². The molecule has 0 fully saturated rings. The van der Waals surface area contributed by atoms with Crippen LogP contribution in [-0.4, -0.2) is 33.0 Å². The molecule has 1 unspecified atom stereocenters. The van der Waals surface area contributed by atoms with Crippen molar-refractivity contribution >= 4 is 17.7 Å². The van der Waals surface area contributed by atoms with Gasteiger partial charge in [0.25, 0.3) is 0 Å². The van der Waals surface area contributed by atoms with Gasteiger partial charge in [0.1, 0.15) is 17.4 Å². The smallest absolute Gasteiger partial charge is 0.237 e. The van der Waals surface area contributed by atoms with Gasteiger partial charge >= 0.3 is 0 Å². The van der Waals surface area contributed by atoms with Gasteiger partial charge in [0.05, 0.1) is 0 Å². The number of carbonyl (C=O) groups excluding carboxylic acids is 1. The largest absolute Gasteiger partial charge is 0.353 e. The van der Waals surface area contributed by atoms with E-state index in [-0.39, 0.29) is 11.2 Å². The van der Waals surface area contributed by atoms with Crippen molar-refractivity contribution in [1.82, 2.24) is 20.1 Å². The molecule has 1 N–H and O–H groups in total. The quantitative estimate of drug-likeness (QED) is 0.934. The predicted octanol–water partition coefficient (Wildman–Crippen LogP) is 1.73. The molecule has 110 valence electrons. The van der Waals surface area contributed by atoms with Crippen molar-refractivity contribution in [2.45, 2.75) is 25.1 Å². The van der Waals surface area contributed by atoms with Crippen LogP contribution < -0.4 is 5.32 Å². The first-order chi connectivity index (χ1) is 10.3. The first kappa shape index (κ1) is 14.1. The average molecular weight is 302 g/mol. The van der Waals surface area contributed by atoms with E-state index in [1.807, 2.05) is 23.6 Å². The Kier molecular flexibility index (Phi) is 4.24. The summed E-state index contributed by atoms with van der Waals surface area (Å²) in [6.45, 7) is 3.20. The molecule has 1 amide bonds. The van der Waals surface area contributed by atoms with Crippen molar-refractivity contribution in [2.75, 3.05) is 12.3 Å². The van der Waals surface area contributed by atoms with Crippen LogP contribution in [0.2, 0.25) is 0 Å². The zero-order valence-electron chi connectivity index (χ0n) is 12.0. The van der Waals surface area contributed by atoms with Crippen LogP contribution >= 0.6 is 11.8 Å². The van der Waals surface area contributed by atoms with E-state index in [1.165, 1.54) is 5.56 Å². The maximum Gasteiger partial charge on any atom is 0.237 e. The van der Waals surface area contributed by atoms with Gasteiger partial charge in [0.2, 0.25) is 5.91 Å². The van der Waals surface area contributed by atoms with E-state index >= 15 is 0 Å². The highest BCUT2D eigenvalue weighted by molar-refractivity contribution is 8.00. The number of hydrogen-bond acceptors (Lipinski definition) is 4. The minimum absolute atomic E-state index is 0.0861. The van der Waals surface area contributed by atoms with Crippen LogP contribution in [0.3, 0.4) is 0 Å². The molecule has 1 aliphatic heterocycles. The number of hydrogen-bond donors (Lipinski definition) is 1. The van der Waals surface area contributed by atoms with Crippen molar-refractivity contribution in [3.8, 4) is 0 Å². The lowest BCUT2D eigenvalue weighted by Crippen LogP contribution is -2.32. The standard InChI is InChI=1S/C15H18N4OS/c1-11-18-17-10-19(11)8-7-16-15(20)14-13-5-3-2-4-12(13)6-9-21-14/h2-5,10,14H,6-9H2,1H3,(H,16,20). The normalized spacial score (nSPS) is 17.3. The summed E-state index contributed by atoms with van der Waals surface area (Å²) in [6, 6.07) is 8.23. The maximum atomic E-state index is 12.4. The number of nitrogens with zero attached hydrogens (tertiary/aromatic N) is 3. The zero-order valence-corrected chi connectivity index (χ0v) is 12.8. The molecule has 0 bridgehead atoms. The number of aromatic nitrogens is 3. The summed E-state index contributed by atoms with van der Waals surface area (Å²) in [4.78, 5) is 12.4. The van der Waals surface area contributed by atoms with Gasteiger partial charge in [-0.05, 0) is 30.2 Å². The molecule has 1 atom stereocenters. The highest BCUT2D eigenvalue weighted by atomic mass is 32.2. The number of rotatable bonds is 4. The summed E-state index contributed by atoms with van der Waals surface area (Å²) in [7, 11) is 0. The van der Waals surface area contributed by atoms with E-state index in [0.29, 0.717) is 13.1 Å². The molecule has 1 aromatic heterocycles. The number of aryl methyl sites for hydroxylation is 2. The molecule has 6 heteroatoms. The van der Waals surface area contributed by atoms with Crippen molar-refractivity contribution < 1.29 is 4.79 Å². The Morgan fingerprint density at radius 2 is 2.33 bits per heavy atom. The first-order valence-electron chi connectivity index (χ1n) is 7.07. The fourth-order valence-corrected chi connectivity index (χ4v) is 3.75. The lowest BCUT2D eigenvalue weighted by atomic mass is 10.0. The second-order valence-corrected chi connectivity index (χ2v) is 6.28. The molecular formula is C15H18N4OS. The third-order valence-corrected chi connectivity index (χ3v) is 4.93. The SMILES string of the molecule is Cc1nncn1CCNC(=O)C1SCCc2ccccc21. The number of nitrogens with one attached hydrogen (secondary N) is 1. The van der Waals surface area contributed by atoms with Crippen molar-refractivity contribution in [3.05, 3.63) is 47.5 Å². The maximum absolute atomic E-state index is 12.4. The number of thioether (sulfide) groups is 1. The van der Waals surface area contributed by atoms with E-state index in [2.05, 4.69) is 27.6 Å². The van der Waals surface area contributed by atoms with Crippen LogP contribution in [0.1, 0.15) is 22.2 Å². The van der Waals surface area contributed by atoms with E-state index in [0.717, 1.165) is 23.6 Å². The number of amides is 1. The van der Waals surface area contributed by atoms with E-state index in [1.54, 1.807) is 18.1 Å². The monoisotopic (exact) mass is 302 g/mol. The minimum Gasteiger partial charge on any atom is -0.353 e. The van der Waals surface area contributed by atoms with E-state index in [4.69, 9.17) is 0 Å². The van der Waals surface area contributed by atoms with Gasteiger partial charge in [0, 0.05) is 13.1 Å². The highest BCUT2D eigenvalue weighted by Gasteiger charge is 2.26. The van der Waals surface area contributed by atoms with Crippen LogP contribution in [0.15, 0.2) is 30.6 Å². The van der Waals surface area contributed by atoms with Gasteiger partial charge in [-0.25, -0.2) is 0 Å². The van der Waals surface area contributed by atoms with Gasteiger partial charge in [-0.3, -0.25) is 4.79 Å². The Bertz CT molecular complexity index is 640. The molecule has 0 radical (unpaired) electrons. The van der Waals surface area contributed by atoms with Crippen LogP contribution in [0.4, 0.5) is 0 Å². The van der Waals surface area contributed by atoms with Crippen molar-refractivity contribution in [3.63, 3.8) is 0 Å². The molecule has 3 rings (SSSR count). The molecular weight excluding hydrogens is 284 g/mol. The van der Waals surface area contributed by atoms with E-state index < -0.39 is 0 Å². The minimum atomic E-state index is -0.0861. The highest BCUT2D eigenvalue weighted by Crippen LogP contribution is 2.36. The molecule has 0 aliphatic carbocycles. The Hall–Kier alpha value is -1.82. The molecule has 5 nitrogen and oxygen atoms in total. The Morgan fingerprint density at radius 3 is 3.14 bits per heavy atom. The van der Waals surface area contributed by atoms with Crippen molar-refractivity contribution in [1.29, 1.82) is 0 Å². The second kappa shape index (κ2) is 6.30. The molecule has 1 aliphatic rings. The molecule has 2 aromatic rings. The van der Waals surface area contributed by atoms with E-state index in [9.17, 15) is 4.79 Å². The molecule has 2 heterocycles. The molecule has 0 saturated heterocycles. The summed E-state index contributed by atoms with van der Waals surface area (Å²) in [5, 5.41) is 10.7. The van der Waals surface area contributed by atoms with Gasteiger partial charge in [-0.15, -0.1) is 22.0 Å². The molecule has 0 spiro atoms. The van der Waals surface area contributed by atoms with Gasteiger partial charge in [-0.1, -0.05) is 24.3 Å². The van der Waals surface area contributed by atoms with Gasteiger partial charge in [0.15, 0.2) is 0 Å². The van der Waals surface area contributed by atoms with Gasteiger partial charge in [-0.2, -0.15) is 0 Å². The Balaban J connectivity index is 1.60. The molecule has 0 saturated carbocycles. The third-order valence-electron chi connectivity index (χ3n) is 3.69. The van der Waals surface area contributed by atoms with Crippen LogP contribution in [0, 0.1) is 6.92 Å². The fourth-order valence-electron chi connectivity index (χ4n) is 2.54. The lowest BCUT2D eigenvalue weighted by molar-refractivity contribution is -0.120. The average Bonchev–Trinajstić information content (AvgIpc) is 2.92. The molecule has 21 heavy (non-hydrogen) atoms. The fraction of sp³-hybridized carbons (Fsp3) is 0.400. The Morgan fingerprint density at radius 1 is 1.48 bits per heavy atom. The Labute approximate surface area is 128 Å². The molecule has 1 aromatic carbocycles. The summed E-state index contributed by atoms with van der Waals surface area (Å²) in [6.07, 6.45) is 2.73. The predicted molar refractivity (Wildman–Crippen MR) is 83.1 cm³/mol. The van der Waals surface area contributed by atoms with Crippen molar-refractivity contribution in [2.24, 2.45) is 0 Å². The third kappa shape index (κ3) is 3.10.